The second-order valence-electron chi connectivity index (χ2n) is 7.08. The number of aromatic nitrogens is 1. The molecule has 2 aromatic rings. The van der Waals surface area contributed by atoms with E-state index >= 15 is 0 Å². The van der Waals surface area contributed by atoms with Crippen molar-refractivity contribution in [2.45, 2.75) is 37.3 Å². The van der Waals surface area contributed by atoms with Crippen molar-refractivity contribution < 1.29 is 38.0 Å². The van der Waals surface area contributed by atoms with Crippen LogP contribution >= 0.6 is 0 Å². The Kier molecular flexibility index (Phi) is 3.32. The summed E-state index contributed by atoms with van der Waals surface area (Å²) in [6, 6.07) is 4.09. The number of ketones is 1. The summed E-state index contributed by atoms with van der Waals surface area (Å²) in [5, 5.41) is 40.4. The number of halogens is 3. The molecule has 1 aromatic heterocycles. The third kappa shape index (κ3) is 1.92. The SMILES string of the molecule is CC12OC(C)(c3c1c(O)n(-c1ccc(C#N)c(C(F)(F)F)c1)c3O)C(O)C2=O. The molecule has 3 heterocycles. The molecule has 0 amide bonds. The maximum Gasteiger partial charge on any atom is 0.417 e. The Morgan fingerprint density at radius 3 is 2.39 bits per heavy atom. The summed E-state index contributed by atoms with van der Waals surface area (Å²) in [4.78, 5) is 12.4. The van der Waals surface area contributed by atoms with Gasteiger partial charge in [-0.05, 0) is 32.0 Å². The van der Waals surface area contributed by atoms with Crippen LogP contribution in [0.2, 0.25) is 0 Å². The molecule has 146 valence electrons. The number of nitrogens with zero attached hydrogens (tertiary/aromatic N) is 2. The van der Waals surface area contributed by atoms with E-state index in [1.807, 2.05) is 0 Å². The number of carbonyl (C=O) groups excluding carboxylic acids is 1. The maximum atomic E-state index is 13.3. The van der Waals surface area contributed by atoms with Gasteiger partial charge in [-0.1, -0.05) is 0 Å². The number of hydrogen-bond acceptors (Lipinski definition) is 6. The van der Waals surface area contributed by atoms with E-state index in [2.05, 4.69) is 0 Å². The summed E-state index contributed by atoms with van der Waals surface area (Å²) in [6.45, 7) is 2.65. The van der Waals surface area contributed by atoms with Crippen LogP contribution in [0.15, 0.2) is 18.2 Å². The standard InChI is InChI=1S/C18H13F3N2O5/c1-16-10-11(17(2,28-16)13(25)12(16)24)15(27)23(14(10)26)8-4-3-7(6-22)9(5-8)18(19,20)21/h3-5,12,24,26-27H,1-2H3. The van der Waals surface area contributed by atoms with Crippen molar-refractivity contribution in [3.05, 3.63) is 40.5 Å². The lowest BCUT2D eigenvalue weighted by atomic mass is 9.77. The Morgan fingerprint density at radius 2 is 1.82 bits per heavy atom. The minimum absolute atomic E-state index is 0.0717. The highest BCUT2D eigenvalue weighted by atomic mass is 19.4. The summed E-state index contributed by atoms with van der Waals surface area (Å²) >= 11 is 0. The van der Waals surface area contributed by atoms with Crippen LogP contribution in [0.1, 0.15) is 36.1 Å². The first-order chi connectivity index (χ1) is 12.9. The molecule has 7 nitrogen and oxygen atoms in total. The fraction of sp³-hybridized carbons (Fsp3) is 0.333. The molecule has 3 unspecified atom stereocenters. The minimum Gasteiger partial charge on any atom is -0.494 e. The highest BCUT2D eigenvalue weighted by molar-refractivity contribution is 5.99. The van der Waals surface area contributed by atoms with Crippen molar-refractivity contribution in [1.29, 1.82) is 5.26 Å². The van der Waals surface area contributed by atoms with Crippen LogP contribution in [0.5, 0.6) is 11.8 Å². The third-order valence-corrected chi connectivity index (χ3v) is 5.44. The fourth-order valence-corrected chi connectivity index (χ4v) is 4.12. The normalized spacial score (nSPS) is 28.5. The smallest absolute Gasteiger partial charge is 0.417 e. The molecule has 0 saturated carbocycles. The molecule has 1 saturated heterocycles. The molecule has 3 atom stereocenters. The zero-order valence-corrected chi connectivity index (χ0v) is 14.5. The van der Waals surface area contributed by atoms with Gasteiger partial charge in [0.05, 0.1) is 34.0 Å². The zero-order chi connectivity index (χ0) is 20.8. The first-order valence-electron chi connectivity index (χ1n) is 8.09. The Balaban J connectivity index is 2.00. The molecule has 2 bridgehead atoms. The van der Waals surface area contributed by atoms with E-state index in [0.29, 0.717) is 6.07 Å². The maximum absolute atomic E-state index is 13.3. The van der Waals surface area contributed by atoms with E-state index in [9.17, 15) is 33.3 Å². The molecular formula is C18H13F3N2O5. The molecule has 2 aliphatic heterocycles. The van der Waals surface area contributed by atoms with Gasteiger partial charge in [0, 0.05) is 0 Å². The molecule has 28 heavy (non-hydrogen) atoms. The van der Waals surface area contributed by atoms with Crippen LogP contribution < -0.4 is 0 Å². The van der Waals surface area contributed by atoms with Crippen LogP contribution in [-0.4, -0.2) is 31.8 Å². The molecule has 0 spiro atoms. The van der Waals surface area contributed by atoms with Crippen molar-refractivity contribution >= 4 is 5.78 Å². The monoisotopic (exact) mass is 394 g/mol. The van der Waals surface area contributed by atoms with Gasteiger partial charge >= 0.3 is 6.18 Å². The second kappa shape index (κ2) is 5.06. The van der Waals surface area contributed by atoms with Gasteiger partial charge in [0.15, 0.2) is 5.60 Å². The lowest BCUT2D eigenvalue weighted by Gasteiger charge is -2.24. The number of ether oxygens (including phenoxy) is 1. The first-order valence-corrected chi connectivity index (χ1v) is 8.09. The fourth-order valence-electron chi connectivity index (χ4n) is 4.12. The number of carbonyl (C=O) groups is 1. The summed E-state index contributed by atoms with van der Waals surface area (Å²) in [5.74, 6) is -2.08. The topological polar surface area (TPSA) is 116 Å². The van der Waals surface area contributed by atoms with Gasteiger partial charge in [-0.25, -0.2) is 0 Å². The van der Waals surface area contributed by atoms with Crippen LogP contribution in [0, 0.1) is 11.3 Å². The van der Waals surface area contributed by atoms with Crippen LogP contribution in [-0.2, 0) is 26.9 Å². The molecule has 0 aliphatic carbocycles. The number of aliphatic hydroxyl groups is 1. The molecule has 4 rings (SSSR count). The van der Waals surface area contributed by atoms with E-state index in [4.69, 9.17) is 10.00 Å². The first kappa shape index (κ1) is 18.3. The van der Waals surface area contributed by atoms with Crippen molar-refractivity contribution in [3.8, 4) is 23.5 Å². The molecule has 3 N–H and O–H groups in total. The highest BCUT2D eigenvalue weighted by Crippen LogP contribution is 2.62. The second-order valence-corrected chi connectivity index (χ2v) is 7.08. The minimum atomic E-state index is -4.84. The van der Waals surface area contributed by atoms with E-state index in [-0.39, 0.29) is 16.8 Å². The van der Waals surface area contributed by atoms with Crippen molar-refractivity contribution in [3.63, 3.8) is 0 Å². The highest BCUT2D eigenvalue weighted by Gasteiger charge is 2.69. The lowest BCUT2D eigenvalue weighted by molar-refractivity contribution is -0.137. The van der Waals surface area contributed by atoms with E-state index in [1.165, 1.54) is 19.9 Å². The molecule has 2 aliphatic rings. The van der Waals surface area contributed by atoms with Gasteiger partial charge in [-0.2, -0.15) is 18.4 Å². The number of rotatable bonds is 1. The molecule has 1 aromatic carbocycles. The average molecular weight is 394 g/mol. The summed E-state index contributed by atoms with van der Waals surface area (Å²) < 4.78 is 46.1. The van der Waals surface area contributed by atoms with Crippen molar-refractivity contribution in [2.24, 2.45) is 0 Å². The number of Topliss-reactive ketones (excluding diaryl/α,β-unsaturated/α-hetero) is 1. The van der Waals surface area contributed by atoms with Crippen LogP contribution in [0.4, 0.5) is 13.2 Å². The van der Waals surface area contributed by atoms with Gasteiger partial charge in [0.25, 0.3) is 0 Å². The number of fused-ring (bicyclic) bond motifs is 5. The van der Waals surface area contributed by atoms with E-state index in [0.717, 1.165) is 16.7 Å². The van der Waals surface area contributed by atoms with E-state index in [1.54, 1.807) is 0 Å². The molecule has 10 heteroatoms. The predicted molar refractivity (Wildman–Crippen MR) is 85.6 cm³/mol. The number of benzene rings is 1. The number of nitriles is 1. The van der Waals surface area contributed by atoms with Gasteiger partial charge in [-0.3, -0.25) is 9.36 Å². The Bertz CT molecular complexity index is 1100. The summed E-state index contributed by atoms with van der Waals surface area (Å²) in [5.41, 5.74) is -5.73. The zero-order valence-electron chi connectivity index (χ0n) is 14.5. The number of aromatic hydroxyl groups is 2. The average Bonchev–Trinajstić information content (AvgIpc) is 3.10. The van der Waals surface area contributed by atoms with Gasteiger partial charge in [0.2, 0.25) is 17.5 Å². The summed E-state index contributed by atoms with van der Waals surface area (Å²) in [6.07, 6.45) is -6.45. The quantitative estimate of drug-likeness (QED) is 0.683. The Morgan fingerprint density at radius 1 is 1.21 bits per heavy atom. The largest absolute Gasteiger partial charge is 0.494 e. The lowest BCUT2D eigenvalue weighted by Crippen LogP contribution is -2.41. The van der Waals surface area contributed by atoms with Gasteiger partial charge in [0.1, 0.15) is 11.7 Å². The Labute approximate surface area is 155 Å². The van der Waals surface area contributed by atoms with Crippen molar-refractivity contribution in [1.82, 2.24) is 4.57 Å². The molecule has 1 fully saturated rings. The Hall–Kier alpha value is -3.03. The molecular weight excluding hydrogens is 381 g/mol. The van der Waals surface area contributed by atoms with Gasteiger partial charge < -0.3 is 20.1 Å². The van der Waals surface area contributed by atoms with Crippen molar-refractivity contribution in [2.75, 3.05) is 0 Å². The van der Waals surface area contributed by atoms with Crippen LogP contribution in [0.3, 0.4) is 0 Å². The third-order valence-electron chi connectivity index (χ3n) is 5.44. The van der Waals surface area contributed by atoms with Gasteiger partial charge in [-0.15, -0.1) is 0 Å². The number of aliphatic hydroxyl groups excluding tert-OH is 1. The molecule has 0 radical (unpaired) electrons. The number of alkyl halides is 3. The van der Waals surface area contributed by atoms with E-state index < -0.39 is 52.2 Å². The number of hydrogen-bond donors (Lipinski definition) is 3. The predicted octanol–water partition coefficient (Wildman–Crippen LogP) is 2.18. The summed E-state index contributed by atoms with van der Waals surface area (Å²) in [7, 11) is 0. The van der Waals surface area contributed by atoms with Crippen LogP contribution in [0.25, 0.3) is 5.69 Å².